The smallest absolute Gasteiger partial charge is 0.325 e. The SMILES string of the molecule is O=C(Nc1ccc2c(c1)S(=O)(=O)CC2)Nc1ncc(CCNc2ncnc3ccsc23)s1. The van der Waals surface area contributed by atoms with Crippen LogP contribution in [0.4, 0.5) is 21.4 Å². The number of thiazole rings is 1. The molecule has 1 aliphatic heterocycles. The summed E-state index contributed by atoms with van der Waals surface area (Å²) in [7, 11) is -3.25. The molecule has 2 amide bonds. The first kappa shape index (κ1) is 20.8. The van der Waals surface area contributed by atoms with Crippen molar-refractivity contribution in [3.63, 3.8) is 0 Å². The molecular weight excluding hydrogens is 468 g/mol. The predicted octanol–water partition coefficient (Wildman–Crippen LogP) is 3.78. The number of hydrogen-bond donors (Lipinski definition) is 3. The molecule has 9 nitrogen and oxygen atoms in total. The van der Waals surface area contributed by atoms with Gasteiger partial charge in [-0.15, -0.1) is 22.7 Å². The van der Waals surface area contributed by atoms with Crippen molar-refractivity contribution in [2.75, 3.05) is 28.2 Å². The Morgan fingerprint density at radius 2 is 2.03 bits per heavy atom. The number of urea groups is 1. The van der Waals surface area contributed by atoms with E-state index in [4.69, 9.17) is 0 Å². The van der Waals surface area contributed by atoms with Crippen LogP contribution in [0.25, 0.3) is 10.2 Å². The molecular formula is C20H18N6O3S3. The van der Waals surface area contributed by atoms with Crippen molar-refractivity contribution >= 4 is 65.4 Å². The molecule has 3 N–H and O–H groups in total. The Morgan fingerprint density at radius 3 is 2.94 bits per heavy atom. The maximum atomic E-state index is 12.3. The Kier molecular flexibility index (Phi) is 5.49. The molecule has 32 heavy (non-hydrogen) atoms. The third kappa shape index (κ3) is 4.29. The number of carbonyl (C=O) groups excluding carboxylic acids is 1. The van der Waals surface area contributed by atoms with Crippen LogP contribution in [0, 0.1) is 0 Å². The molecule has 0 saturated heterocycles. The van der Waals surface area contributed by atoms with E-state index in [0.29, 0.717) is 28.7 Å². The summed E-state index contributed by atoms with van der Waals surface area (Å²) in [5.41, 5.74) is 2.14. The van der Waals surface area contributed by atoms with Crippen molar-refractivity contribution in [1.29, 1.82) is 0 Å². The standard InChI is InChI=1S/C20H18N6O3S3/c27-19(25-13-2-1-12-5-8-32(28,29)16(12)9-13)26-20-22-10-14(31-20)3-6-21-18-17-15(4-7-30-17)23-11-24-18/h1-2,4,7,9-11H,3,5-6,8H2,(H,21,23,24)(H2,22,25,26,27). The molecule has 4 aromatic rings. The fourth-order valence-electron chi connectivity index (χ4n) is 3.44. The molecule has 0 radical (unpaired) electrons. The summed E-state index contributed by atoms with van der Waals surface area (Å²) >= 11 is 2.98. The Labute approximate surface area is 191 Å². The third-order valence-corrected chi connectivity index (χ3v) is 8.66. The highest BCUT2D eigenvalue weighted by Crippen LogP contribution is 2.29. The normalized spacial score (nSPS) is 14.2. The van der Waals surface area contributed by atoms with Gasteiger partial charge in [-0.05, 0) is 35.6 Å². The number of nitrogens with zero attached hydrogens (tertiary/aromatic N) is 3. The molecule has 0 aliphatic carbocycles. The van der Waals surface area contributed by atoms with Gasteiger partial charge in [0, 0.05) is 29.7 Å². The average Bonchev–Trinajstić information content (AvgIpc) is 3.48. The molecule has 1 aliphatic rings. The molecule has 12 heteroatoms. The zero-order valence-corrected chi connectivity index (χ0v) is 19.1. The molecule has 164 valence electrons. The number of aryl methyl sites for hydroxylation is 1. The molecule has 0 unspecified atom stereocenters. The molecule has 0 saturated carbocycles. The monoisotopic (exact) mass is 486 g/mol. The van der Waals surface area contributed by atoms with Gasteiger partial charge in [0.1, 0.15) is 12.1 Å². The lowest BCUT2D eigenvalue weighted by atomic mass is 10.1. The van der Waals surface area contributed by atoms with Crippen molar-refractivity contribution in [1.82, 2.24) is 15.0 Å². The van der Waals surface area contributed by atoms with Crippen LogP contribution >= 0.6 is 22.7 Å². The second-order valence-electron chi connectivity index (χ2n) is 7.14. The quantitative estimate of drug-likeness (QED) is 0.379. The zero-order valence-electron chi connectivity index (χ0n) is 16.7. The van der Waals surface area contributed by atoms with Gasteiger partial charge >= 0.3 is 6.03 Å². The van der Waals surface area contributed by atoms with Crippen LogP contribution in [-0.2, 0) is 22.7 Å². The van der Waals surface area contributed by atoms with Crippen molar-refractivity contribution in [2.24, 2.45) is 0 Å². The topological polar surface area (TPSA) is 126 Å². The van der Waals surface area contributed by atoms with Gasteiger partial charge in [-0.3, -0.25) is 5.32 Å². The molecule has 5 rings (SSSR count). The Hall–Kier alpha value is -3.09. The first-order chi connectivity index (χ1) is 15.5. The molecule has 4 heterocycles. The summed E-state index contributed by atoms with van der Waals surface area (Å²) < 4.78 is 25.2. The van der Waals surface area contributed by atoms with E-state index >= 15 is 0 Å². The summed E-state index contributed by atoms with van der Waals surface area (Å²) in [5, 5.41) is 11.1. The van der Waals surface area contributed by atoms with Crippen molar-refractivity contribution < 1.29 is 13.2 Å². The summed E-state index contributed by atoms with van der Waals surface area (Å²) in [6, 6.07) is 6.44. The van der Waals surface area contributed by atoms with Gasteiger partial charge in [0.15, 0.2) is 15.0 Å². The van der Waals surface area contributed by atoms with Gasteiger partial charge in [0.25, 0.3) is 0 Å². The fourth-order valence-corrected chi connectivity index (χ4v) is 6.64. The summed E-state index contributed by atoms with van der Waals surface area (Å²) in [6.07, 6.45) is 4.50. The summed E-state index contributed by atoms with van der Waals surface area (Å²) in [5.74, 6) is 0.924. The molecule has 0 spiro atoms. The summed E-state index contributed by atoms with van der Waals surface area (Å²) in [4.78, 5) is 26.4. The highest BCUT2D eigenvalue weighted by molar-refractivity contribution is 7.91. The maximum Gasteiger partial charge on any atom is 0.325 e. The van der Waals surface area contributed by atoms with E-state index in [2.05, 4.69) is 30.9 Å². The van der Waals surface area contributed by atoms with Gasteiger partial charge in [0.2, 0.25) is 0 Å². The molecule has 1 aromatic carbocycles. The number of hydrogen-bond acceptors (Lipinski definition) is 9. The van der Waals surface area contributed by atoms with E-state index in [9.17, 15) is 13.2 Å². The van der Waals surface area contributed by atoms with Gasteiger partial charge in [-0.25, -0.2) is 28.2 Å². The van der Waals surface area contributed by atoms with Gasteiger partial charge in [-0.2, -0.15) is 0 Å². The number of carbonyl (C=O) groups is 1. The zero-order chi connectivity index (χ0) is 22.1. The number of fused-ring (bicyclic) bond motifs is 2. The first-order valence-electron chi connectivity index (χ1n) is 9.78. The van der Waals surface area contributed by atoms with E-state index in [1.807, 2.05) is 11.4 Å². The lowest BCUT2D eigenvalue weighted by molar-refractivity contribution is 0.262. The van der Waals surface area contributed by atoms with E-state index < -0.39 is 15.9 Å². The van der Waals surface area contributed by atoms with E-state index in [-0.39, 0.29) is 5.75 Å². The van der Waals surface area contributed by atoms with Gasteiger partial charge in [-0.1, -0.05) is 6.07 Å². The van der Waals surface area contributed by atoms with Crippen LogP contribution in [-0.4, -0.2) is 41.7 Å². The third-order valence-electron chi connectivity index (χ3n) is 4.98. The highest BCUT2D eigenvalue weighted by Gasteiger charge is 2.26. The lowest BCUT2D eigenvalue weighted by Crippen LogP contribution is -2.19. The van der Waals surface area contributed by atoms with E-state index in [0.717, 1.165) is 32.9 Å². The number of rotatable bonds is 6. The number of anilines is 3. The van der Waals surface area contributed by atoms with Crippen LogP contribution in [0.15, 0.2) is 47.1 Å². The molecule has 3 aromatic heterocycles. The predicted molar refractivity (Wildman–Crippen MR) is 127 cm³/mol. The minimum absolute atomic E-state index is 0.115. The average molecular weight is 487 g/mol. The Bertz CT molecular complexity index is 1410. The fraction of sp³-hybridized carbons (Fsp3) is 0.200. The van der Waals surface area contributed by atoms with Crippen molar-refractivity contribution in [2.45, 2.75) is 17.7 Å². The largest absolute Gasteiger partial charge is 0.368 e. The lowest BCUT2D eigenvalue weighted by Gasteiger charge is -2.07. The van der Waals surface area contributed by atoms with Crippen molar-refractivity contribution in [3.05, 3.63) is 52.6 Å². The maximum absolute atomic E-state index is 12.3. The first-order valence-corrected chi connectivity index (χ1v) is 13.1. The minimum Gasteiger partial charge on any atom is -0.368 e. The molecule has 0 fully saturated rings. The molecule has 0 atom stereocenters. The Morgan fingerprint density at radius 1 is 1.12 bits per heavy atom. The second-order valence-corrected chi connectivity index (χ2v) is 11.2. The number of benzene rings is 1. The van der Waals surface area contributed by atoms with Crippen LogP contribution in [0.2, 0.25) is 0 Å². The number of aromatic nitrogens is 3. The van der Waals surface area contributed by atoms with Gasteiger partial charge in [0.05, 0.1) is 20.9 Å². The summed E-state index contributed by atoms with van der Waals surface area (Å²) in [6.45, 7) is 0.668. The number of thiophene rings is 1. The van der Waals surface area contributed by atoms with E-state index in [1.165, 1.54) is 17.4 Å². The van der Waals surface area contributed by atoms with Crippen LogP contribution < -0.4 is 16.0 Å². The molecule has 0 bridgehead atoms. The highest BCUT2D eigenvalue weighted by atomic mass is 32.2. The van der Waals surface area contributed by atoms with Crippen LogP contribution in [0.3, 0.4) is 0 Å². The van der Waals surface area contributed by atoms with Crippen LogP contribution in [0.1, 0.15) is 10.4 Å². The van der Waals surface area contributed by atoms with Crippen molar-refractivity contribution in [3.8, 4) is 0 Å². The number of sulfone groups is 1. The number of amides is 2. The van der Waals surface area contributed by atoms with Crippen LogP contribution in [0.5, 0.6) is 0 Å². The minimum atomic E-state index is -3.25. The number of nitrogens with one attached hydrogen (secondary N) is 3. The van der Waals surface area contributed by atoms with Gasteiger partial charge < -0.3 is 10.6 Å². The second kappa shape index (κ2) is 8.45. The van der Waals surface area contributed by atoms with E-state index in [1.54, 1.807) is 36.0 Å². The Balaban J connectivity index is 1.16.